The molecule has 6 nitrogen and oxygen atoms in total. The molecule has 0 aromatic heterocycles. The van der Waals surface area contributed by atoms with E-state index in [2.05, 4.69) is 4.99 Å². The number of aliphatic imine (C=N–C) groups is 1. The van der Waals surface area contributed by atoms with E-state index in [1.54, 1.807) is 0 Å². The minimum Gasteiger partial charge on any atom is -0.480 e. The number of halogens is 1. The highest BCUT2D eigenvalue weighted by molar-refractivity contribution is 5.75. The maximum Gasteiger partial charge on any atom is 0.323 e. The van der Waals surface area contributed by atoms with Gasteiger partial charge in [0.1, 0.15) is 6.04 Å². The Morgan fingerprint density at radius 2 is 2.23 bits per heavy atom. The Morgan fingerprint density at radius 3 is 2.62 bits per heavy atom. The maximum absolute atomic E-state index is 11.8. The van der Waals surface area contributed by atoms with Crippen LogP contribution in [0.2, 0.25) is 0 Å². The highest BCUT2D eigenvalue weighted by Crippen LogP contribution is 1.97. The minimum absolute atomic E-state index is 0.0555. The summed E-state index contributed by atoms with van der Waals surface area (Å²) in [6.07, 6.45) is 0.550. The number of guanidine groups is 1. The van der Waals surface area contributed by atoms with Crippen LogP contribution in [0.4, 0.5) is 4.48 Å². The molecule has 0 aromatic carbocycles. The van der Waals surface area contributed by atoms with Gasteiger partial charge in [0.05, 0.1) is 0 Å². The Bertz CT molecular complexity index is 193. The number of aliphatic carboxylic acids is 1. The number of carbonyl (C=O) groups is 1. The van der Waals surface area contributed by atoms with Gasteiger partial charge in [0, 0.05) is 6.54 Å². The zero-order chi connectivity index (χ0) is 10.3. The van der Waals surface area contributed by atoms with Crippen molar-refractivity contribution in [1.29, 1.82) is 0 Å². The van der Waals surface area contributed by atoms with E-state index in [9.17, 15) is 9.28 Å². The molecule has 0 radical (unpaired) electrons. The SMILES string of the molecule is NC(N)=NCCC[C@@H](NF)C(=O)O. The van der Waals surface area contributed by atoms with Crippen LogP contribution in [0, 0.1) is 0 Å². The monoisotopic (exact) mass is 192 g/mol. The summed E-state index contributed by atoms with van der Waals surface area (Å²) in [4.78, 5) is 13.9. The van der Waals surface area contributed by atoms with E-state index >= 15 is 0 Å². The van der Waals surface area contributed by atoms with Gasteiger partial charge in [-0.3, -0.25) is 9.79 Å². The topological polar surface area (TPSA) is 114 Å². The van der Waals surface area contributed by atoms with Gasteiger partial charge in [0.15, 0.2) is 5.96 Å². The third-order valence-corrected chi connectivity index (χ3v) is 1.38. The van der Waals surface area contributed by atoms with Crippen molar-refractivity contribution in [3.63, 3.8) is 0 Å². The molecule has 0 aliphatic carbocycles. The van der Waals surface area contributed by atoms with Crippen molar-refractivity contribution in [2.24, 2.45) is 16.5 Å². The molecule has 0 aromatic rings. The third-order valence-electron chi connectivity index (χ3n) is 1.38. The summed E-state index contributed by atoms with van der Waals surface area (Å²) in [6, 6.07) is -1.19. The molecule has 0 unspecified atom stereocenters. The molecule has 1 atom stereocenters. The third kappa shape index (κ3) is 5.85. The molecule has 0 bridgehead atoms. The maximum atomic E-state index is 11.8. The fraction of sp³-hybridized carbons (Fsp3) is 0.667. The lowest BCUT2D eigenvalue weighted by Crippen LogP contribution is -2.31. The lowest BCUT2D eigenvalue weighted by atomic mass is 10.2. The lowest BCUT2D eigenvalue weighted by Gasteiger charge is -2.06. The number of carboxylic acid groups (broad SMARTS) is 1. The van der Waals surface area contributed by atoms with Crippen LogP contribution in [0.15, 0.2) is 4.99 Å². The molecule has 0 rings (SSSR count). The molecule has 0 fully saturated rings. The van der Waals surface area contributed by atoms with Crippen molar-refractivity contribution in [2.75, 3.05) is 6.54 Å². The quantitative estimate of drug-likeness (QED) is 0.186. The Balaban J connectivity index is 3.62. The molecule has 0 spiro atoms. The first-order valence-corrected chi connectivity index (χ1v) is 3.72. The summed E-state index contributed by atoms with van der Waals surface area (Å²) in [5.41, 5.74) is 11.2. The van der Waals surface area contributed by atoms with Gasteiger partial charge in [-0.2, -0.15) is 0 Å². The number of nitrogens with two attached hydrogens (primary N) is 2. The van der Waals surface area contributed by atoms with Crippen LogP contribution < -0.4 is 17.0 Å². The second-order valence-corrected chi connectivity index (χ2v) is 2.45. The number of carboxylic acids is 1. The van der Waals surface area contributed by atoms with Crippen LogP contribution in [0.5, 0.6) is 0 Å². The van der Waals surface area contributed by atoms with Gasteiger partial charge in [0.2, 0.25) is 0 Å². The van der Waals surface area contributed by atoms with Crippen molar-refractivity contribution < 1.29 is 14.4 Å². The number of nitrogens with zero attached hydrogens (tertiary/aromatic N) is 1. The average Bonchev–Trinajstić information content (AvgIpc) is 2.03. The zero-order valence-electron chi connectivity index (χ0n) is 7.03. The molecule has 13 heavy (non-hydrogen) atoms. The summed E-state index contributed by atoms with van der Waals surface area (Å²) < 4.78 is 11.8. The Hall–Kier alpha value is -1.37. The molecule has 0 aliphatic heterocycles. The van der Waals surface area contributed by atoms with Crippen molar-refractivity contribution in [1.82, 2.24) is 5.54 Å². The minimum atomic E-state index is -1.23. The fourth-order valence-corrected chi connectivity index (χ4v) is 0.728. The molecular weight excluding hydrogens is 179 g/mol. The van der Waals surface area contributed by atoms with E-state index in [1.165, 1.54) is 5.54 Å². The van der Waals surface area contributed by atoms with Crippen LogP contribution in [-0.2, 0) is 4.79 Å². The van der Waals surface area contributed by atoms with Crippen LogP contribution in [0.25, 0.3) is 0 Å². The van der Waals surface area contributed by atoms with Gasteiger partial charge < -0.3 is 16.6 Å². The van der Waals surface area contributed by atoms with Crippen molar-refractivity contribution in [3.8, 4) is 0 Å². The standard InChI is InChI=1S/C6H13FN4O2/c7-11-4(5(12)13)2-1-3-10-6(8)9/h4,11H,1-3H2,(H,12,13)(H4,8,9,10)/t4-/m1/s1. The van der Waals surface area contributed by atoms with E-state index in [4.69, 9.17) is 16.6 Å². The number of hydrogen-bond donors (Lipinski definition) is 4. The second-order valence-electron chi connectivity index (χ2n) is 2.45. The van der Waals surface area contributed by atoms with Crippen molar-refractivity contribution in [3.05, 3.63) is 0 Å². The van der Waals surface area contributed by atoms with Gasteiger partial charge >= 0.3 is 5.97 Å². The van der Waals surface area contributed by atoms with Crippen LogP contribution in [0.1, 0.15) is 12.8 Å². The predicted molar refractivity (Wildman–Crippen MR) is 45.6 cm³/mol. The summed E-state index contributed by atoms with van der Waals surface area (Å²) in [7, 11) is 0. The summed E-state index contributed by atoms with van der Waals surface area (Å²) >= 11 is 0. The van der Waals surface area contributed by atoms with E-state index < -0.39 is 12.0 Å². The largest absolute Gasteiger partial charge is 0.480 e. The van der Waals surface area contributed by atoms with Gasteiger partial charge in [-0.15, -0.1) is 10.0 Å². The highest BCUT2D eigenvalue weighted by Gasteiger charge is 2.15. The van der Waals surface area contributed by atoms with Crippen LogP contribution in [0.3, 0.4) is 0 Å². The normalized spacial score (nSPS) is 12.1. The Morgan fingerprint density at radius 1 is 1.62 bits per heavy atom. The summed E-state index contributed by atoms with van der Waals surface area (Å²) in [6.45, 7) is 0.299. The van der Waals surface area contributed by atoms with Crippen LogP contribution in [-0.4, -0.2) is 29.6 Å². The molecule has 0 saturated heterocycles. The molecule has 7 heteroatoms. The van der Waals surface area contributed by atoms with Crippen LogP contribution >= 0.6 is 0 Å². The molecule has 6 N–H and O–H groups in total. The smallest absolute Gasteiger partial charge is 0.323 e. The van der Waals surface area contributed by atoms with Gasteiger partial charge in [0.25, 0.3) is 0 Å². The highest BCUT2D eigenvalue weighted by atomic mass is 19.2. The Kier molecular flexibility index (Phi) is 5.53. The van der Waals surface area contributed by atoms with Crippen molar-refractivity contribution in [2.45, 2.75) is 18.9 Å². The first kappa shape index (κ1) is 11.6. The molecule has 76 valence electrons. The Labute approximate surface area is 74.7 Å². The summed E-state index contributed by atoms with van der Waals surface area (Å²) in [5, 5.41) is 8.39. The molecular formula is C6H13FN4O2. The molecule has 0 amide bonds. The van der Waals surface area contributed by atoms with E-state index in [-0.39, 0.29) is 12.4 Å². The number of nitrogens with one attached hydrogen (secondary N) is 1. The zero-order valence-corrected chi connectivity index (χ0v) is 7.03. The second kappa shape index (κ2) is 6.18. The van der Waals surface area contributed by atoms with E-state index in [1.807, 2.05) is 0 Å². The molecule has 0 heterocycles. The van der Waals surface area contributed by atoms with Gasteiger partial charge in [-0.25, -0.2) is 0 Å². The molecule has 0 aliphatic rings. The molecule has 0 saturated carbocycles. The number of rotatable bonds is 6. The first-order valence-electron chi connectivity index (χ1n) is 3.72. The fourth-order valence-electron chi connectivity index (χ4n) is 0.728. The summed E-state index contributed by atoms with van der Waals surface area (Å²) in [5.74, 6) is -1.28. The van der Waals surface area contributed by atoms with E-state index in [0.29, 0.717) is 13.0 Å². The van der Waals surface area contributed by atoms with Gasteiger partial charge in [-0.05, 0) is 12.8 Å². The predicted octanol–water partition coefficient (Wildman–Crippen LogP) is -1.03. The first-order chi connectivity index (χ1) is 6.07. The number of hydrogen-bond acceptors (Lipinski definition) is 3. The van der Waals surface area contributed by atoms with Crippen molar-refractivity contribution >= 4 is 11.9 Å². The van der Waals surface area contributed by atoms with Gasteiger partial charge in [-0.1, -0.05) is 0 Å². The van der Waals surface area contributed by atoms with E-state index in [0.717, 1.165) is 0 Å². The lowest BCUT2D eigenvalue weighted by molar-refractivity contribution is -0.141. The average molecular weight is 192 g/mol.